The SMILES string of the molecule is C=C1C(=O)O[C@@H]2C[C@@H](C)[C@@]3(O)CC[C@@](C)(C[C@H](OC(=O)C(C)C)[C@@H]12)O3. The van der Waals surface area contributed by atoms with Crippen LogP contribution in [0.5, 0.6) is 0 Å². The van der Waals surface area contributed by atoms with E-state index in [0.717, 1.165) is 0 Å². The first-order valence-corrected chi connectivity index (χ1v) is 9.07. The van der Waals surface area contributed by atoms with Crippen molar-refractivity contribution >= 4 is 11.9 Å². The molecule has 0 aromatic carbocycles. The molecule has 140 valence electrons. The van der Waals surface area contributed by atoms with Gasteiger partial charge in [-0.2, -0.15) is 0 Å². The number of hydrogen-bond acceptors (Lipinski definition) is 6. The quantitative estimate of drug-likeness (QED) is 0.607. The van der Waals surface area contributed by atoms with Crippen LogP contribution in [0.1, 0.15) is 53.4 Å². The molecule has 0 aromatic rings. The van der Waals surface area contributed by atoms with Crippen LogP contribution in [-0.4, -0.2) is 40.6 Å². The van der Waals surface area contributed by atoms with Crippen molar-refractivity contribution in [3.05, 3.63) is 12.2 Å². The van der Waals surface area contributed by atoms with Gasteiger partial charge < -0.3 is 19.3 Å². The summed E-state index contributed by atoms with van der Waals surface area (Å²) in [5.41, 5.74) is -0.279. The average molecular weight is 352 g/mol. The first-order chi connectivity index (χ1) is 11.5. The van der Waals surface area contributed by atoms with Crippen molar-refractivity contribution in [3.63, 3.8) is 0 Å². The zero-order chi connectivity index (χ0) is 18.6. The fraction of sp³-hybridized carbons (Fsp3) is 0.789. The highest BCUT2D eigenvalue weighted by molar-refractivity contribution is 5.91. The van der Waals surface area contributed by atoms with Gasteiger partial charge in [-0.1, -0.05) is 27.4 Å². The number of carbonyl (C=O) groups excluding carboxylic acids is 2. The van der Waals surface area contributed by atoms with Crippen LogP contribution in [-0.2, 0) is 23.8 Å². The molecule has 3 saturated heterocycles. The topological polar surface area (TPSA) is 82.1 Å². The van der Waals surface area contributed by atoms with E-state index < -0.39 is 35.5 Å². The second-order valence-electron chi connectivity index (χ2n) is 8.36. The summed E-state index contributed by atoms with van der Waals surface area (Å²) in [7, 11) is 0. The molecule has 0 aromatic heterocycles. The molecule has 25 heavy (non-hydrogen) atoms. The third-order valence-corrected chi connectivity index (χ3v) is 5.89. The molecule has 6 nitrogen and oxygen atoms in total. The van der Waals surface area contributed by atoms with Gasteiger partial charge in [-0.05, 0) is 19.8 Å². The Hall–Kier alpha value is -1.40. The van der Waals surface area contributed by atoms with Crippen LogP contribution in [0.3, 0.4) is 0 Å². The highest BCUT2D eigenvalue weighted by atomic mass is 16.6. The Morgan fingerprint density at radius 1 is 1.40 bits per heavy atom. The number of esters is 2. The standard InChI is InChI=1S/C19H28O6/c1-10(2)16(20)24-14-9-18(5)6-7-19(22,25-18)11(3)8-13-15(14)12(4)17(21)23-13/h10-11,13-15,22H,4,6-9H2,1-3,5H3/t11-,13-,14+,15+,18+,19-/m1/s1. The van der Waals surface area contributed by atoms with Crippen LogP contribution in [0, 0.1) is 17.8 Å². The Kier molecular flexibility index (Phi) is 4.48. The smallest absolute Gasteiger partial charge is 0.334 e. The van der Waals surface area contributed by atoms with Gasteiger partial charge in [0.25, 0.3) is 0 Å². The van der Waals surface area contributed by atoms with Crippen LogP contribution >= 0.6 is 0 Å². The average Bonchev–Trinajstić information content (AvgIpc) is 2.97. The number of ether oxygens (including phenoxy) is 3. The van der Waals surface area contributed by atoms with Gasteiger partial charge in [0.05, 0.1) is 17.4 Å². The van der Waals surface area contributed by atoms with E-state index in [1.54, 1.807) is 13.8 Å². The van der Waals surface area contributed by atoms with Gasteiger partial charge in [0, 0.05) is 24.3 Å². The van der Waals surface area contributed by atoms with Gasteiger partial charge in [-0.3, -0.25) is 4.79 Å². The van der Waals surface area contributed by atoms with Crippen molar-refractivity contribution < 1.29 is 28.9 Å². The molecular weight excluding hydrogens is 324 g/mol. The summed E-state index contributed by atoms with van der Waals surface area (Å²) in [5, 5.41) is 10.9. The largest absolute Gasteiger partial charge is 0.461 e. The van der Waals surface area contributed by atoms with Gasteiger partial charge >= 0.3 is 11.9 Å². The lowest BCUT2D eigenvalue weighted by Crippen LogP contribution is -2.40. The van der Waals surface area contributed by atoms with Crippen molar-refractivity contribution in [2.45, 2.75) is 77.0 Å². The molecule has 6 atom stereocenters. The van der Waals surface area contributed by atoms with Crippen LogP contribution in [0.2, 0.25) is 0 Å². The van der Waals surface area contributed by atoms with Crippen molar-refractivity contribution in [1.82, 2.24) is 0 Å². The molecule has 0 radical (unpaired) electrons. The fourth-order valence-electron chi connectivity index (χ4n) is 4.25. The molecule has 0 amide bonds. The van der Waals surface area contributed by atoms with Crippen LogP contribution < -0.4 is 0 Å². The molecule has 6 heteroatoms. The Morgan fingerprint density at radius 3 is 2.72 bits per heavy atom. The van der Waals surface area contributed by atoms with Gasteiger partial charge in [-0.25, -0.2) is 4.79 Å². The van der Waals surface area contributed by atoms with E-state index in [4.69, 9.17) is 14.2 Å². The van der Waals surface area contributed by atoms with Gasteiger partial charge in [0.2, 0.25) is 0 Å². The first-order valence-electron chi connectivity index (χ1n) is 9.07. The molecule has 0 unspecified atom stereocenters. The van der Waals surface area contributed by atoms with E-state index in [1.165, 1.54) is 0 Å². The lowest BCUT2D eigenvalue weighted by Gasteiger charge is -2.33. The molecule has 3 heterocycles. The molecular formula is C19H28O6. The second kappa shape index (κ2) is 6.09. The predicted octanol–water partition coefficient (Wildman–Crippen LogP) is 2.34. The van der Waals surface area contributed by atoms with Crippen molar-refractivity contribution in [3.8, 4) is 0 Å². The Balaban J connectivity index is 1.97. The summed E-state index contributed by atoms with van der Waals surface area (Å²) < 4.78 is 17.3. The summed E-state index contributed by atoms with van der Waals surface area (Å²) in [4.78, 5) is 24.3. The van der Waals surface area contributed by atoms with Gasteiger partial charge in [0.15, 0.2) is 5.79 Å². The predicted molar refractivity (Wildman–Crippen MR) is 89.3 cm³/mol. The molecule has 3 rings (SSSR count). The maximum Gasteiger partial charge on any atom is 0.334 e. The third-order valence-electron chi connectivity index (χ3n) is 5.89. The molecule has 0 spiro atoms. The normalized spacial score (nSPS) is 43.9. The third kappa shape index (κ3) is 3.22. The molecule has 2 bridgehead atoms. The summed E-state index contributed by atoms with van der Waals surface area (Å²) in [5.74, 6) is -2.89. The zero-order valence-electron chi connectivity index (χ0n) is 15.4. The van der Waals surface area contributed by atoms with E-state index in [1.807, 2.05) is 13.8 Å². The van der Waals surface area contributed by atoms with E-state index in [2.05, 4.69) is 6.58 Å². The van der Waals surface area contributed by atoms with Crippen LogP contribution in [0.4, 0.5) is 0 Å². The molecule has 3 aliphatic rings. The zero-order valence-corrected chi connectivity index (χ0v) is 15.4. The van der Waals surface area contributed by atoms with Gasteiger partial charge in [-0.15, -0.1) is 0 Å². The second-order valence-corrected chi connectivity index (χ2v) is 8.36. The van der Waals surface area contributed by atoms with E-state index >= 15 is 0 Å². The summed E-state index contributed by atoms with van der Waals surface area (Å²) in [6, 6.07) is 0. The molecule has 3 fully saturated rings. The lowest BCUT2D eigenvalue weighted by molar-refractivity contribution is -0.250. The maximum absolute atomic E-state index is 12.2. The minimum atomic E-state index is -1.24. The lowest BCUT2D eigenvalue weighted by atomic mass is 9.78. The van der Waals surface area contributed by atoms with Crippen molar-refractivity contribution in [2.75, 3.05) is 0 Å². The van der Waals surface area contributed by atoms with E-state index in [-0.39, 0.29) is 17.8 Å². The summed E-state index contributed by atoms with van der Waals surface area (Å²) in [6.07, 6.45) is 1.01. The number of carbonyl (C=O) groups is 2. The summed E-state index contributed by atoms with van der Waals surface area (Å²) in [6.45, 7) is 11.3. The fourth-order valence-corrected chi connectivity index (χ4v) is 4.25. The highest BCUT2D eigenvalue weighted by Crippen LogP contribution is 2.49. The number of fused-ring (bicyclic) bond motifs is 3. The number of aliphatic hydroxyl groups is 1. The Morgan fingerprint density at radius 2 is 2.08 bits per heavy atom. The monoisotopic (exact) mass is 352 g/mol. The van der Waals surface area contributed by atoms with Gasteiger partial charge in [0.1, 0.15) is 12.2 Å². The molecule has 1 N–H and O–H groups in total. The number of rotatable bonds is 2. The maximum atomic E-state index is 12.2. The number of hydrogen-bond donors (Lipinski definition) is 1. The van der Waals surface area contributed by atoms with E-state index in [0.29, 0.717) is 31.3 Å². The Bertz CT molecular complexity index is 599. The first kappa shape index (κ1) is 18.4. The Labute approximate surface area is 148 Å². The minimum Gasteiger partial charge on any atom is -0.461 e. The van der Waals surface area contributed by atoms with Crippen LogP contribution in [0.25, 0.3) is 0 Å². The minimum absolute atomic E-state index is 0.208. The van der Waals surface area contributed by atoms with E-state index in [9.17, 15) is 14.7 Å². The molecule has 3 aliphatic heterocycles. The highest BCUT2D eigenvalue weighted by Gasteiger charge is 2.56. The molecule has 0 aliphatic carbocycles. The summed E-state index contributed by atoms with van der Waals surface area (Å²) >= 11 is 0. The van der Waals surface area contributed by atoms with Crippen molar-refractivity contribution in [2.24, 2.45) is 17.8 Å². The van der Waals surface area contributed by atoms with Crippen LogP contribution in [0.15, 0.2) is 12.2 Å². The van der Waals surface area contributed by atoms with Crippen molar-refractivity contribution in [1.29, 1.82) is 0 Å². The molecule has 0 saturated carbocycles.